The molecule has 1 fully saturated rings. The molecule has 1 unspecified atom stereocenters. The highest BCUT2D eigenvalue weighted by atomic mass is 35.5. The van der Waals surface area contributed by atoms with Crippen molar-refractivity contribution in [2.24, 2.45) is 5.92 Å². The van der Waals surface area contributed by atoms with E-state index in [9.17, 15) is 9.18 Å². The smallest absolute Gasteiger partial charge is 0.226 e. The summed E-state index contributed by atoms with van der Waals surface area (Å²) in [5.41, 5.74) is 1.18. The third-order valence-electron chi connectivity index (χ3n) is 3.27. The molecule has 5 heteroatoms. The fraction of sp³-hybridized carbons (Fsp3) is 0.417. The number of amides is 1. The van der Waals surface area contributed by atoms with Gasteiger partial charge in [-0.25, -0.2) is 4.39 Å². The molecule has 0 aromatic heterocycles. The number of nitrogens with one attached hydrogen (secondary N) is 2. The highest BCUT2D eigenvalue weighted by molar-refractivity contribution is 6.31. The van der Waals surface area contributed by atoms with Gasteiger partial charge in [-0.2, -0.15) is 0 Å². The minimum Gasteiger partial charge on any atom is -0.380 e. The number of hydrogen-bond acceptors (Lipinski definition) is 2. The quantitative estimate of drug-likeness (QED) is 0.809. The van der Waals surface area contributed by atoms with Gasteiger partial charge in [0.1, 0.15) is 5.82 Å². The standard InChI is InChI=1S/C12H12ClFN2O/c13-7-3-10-11(4-8(7)14)15-9(6-1-2-6)5-12(17)16-10/h3-4,6,9,15H,1-2,5H2,(H,16,17). The van der Waals surface area contributed by atoms with Crippen molar-refractivity contribution in [2.75, 3.05) is 10.6 Å². The van der Waals surface area contributed by atoms with Crippen molar-refractivity contribution < 1.29 is 9.18 Å². The molecule has 3 rings (SSSR count). The monoisotopic (exact) mass is 254 g/mol. The molecule has 1 aromatic rings. The molecule has 3 nitrogen and oxygen atoms in total. The fourth-order valence-corrected chi connectivity index (χ4v) is 2.37. The molecule has 0 spiro atoms. The van der Waals surface area contributed by atoms with E-state index in [1.807, 2.05) is 0 Å². The second kappa shape index (κ2) is 3.88. The Bertz CT molecular complexity index is 488. The molecule has 1 atom stereocenters. The van der Waals surface area contributed by atoms with Crippen LogP contribution in [0.3, 0.4) is 0 Å². The zero-order valence-electron chi connectivity index (χ0n) is 9.09. The molecule has 2 N–H and O–H groups in total. The van der Waals surface area contributed by atoms with Crippen molar-refractivity contribution in [2.45, 2.75) is 25.3 Å². The number of halogens is 2. The molecule has 1 heterocycles. The first kappa shape index (κ1) is 10.8. The number of carbonyl (C=O) groups excluding carboxylic acids is 1. The lowest BCUT2D eigenvalue weighted by Gasteiger charge is -2.16. The third kappa shape index (κ3) is 2.09. The summed E-state index contributed by atoms with van der Waals surface area (Å²) in [4.78, 5) is 11.7. The van der Waals surface area contributed by atoms with Crippen LogP contribution in [0.2, 0.25) is 5.02 Å². The van der Waals surface area contributed by atoms with Crippen LogP contribution in [0.4, 0.5) is 15.8 Å². The minimum atomic E-state index is -0.469. The predicted molar refractivity (Wildman–Crippen MR) is 64.8 cm³/mol. The molecule has 1 aliphatic heterocycles. The summed E-state index contributed by atoms with van der Waals surface area (Å²) < 4.78 is 13.4. The normalized spacial score (nSPS) is 23.4. The number of hydrogen-bond donors (Lipinski definition) is 2. The van der Waals surface area contributed by atoms with E-state index in [4.69, 9.17) is 11.6 Å². The van der Waals surface area contributed by atoms with Crippen LogP contribution in [0.1, 0.15) is 19.3 Å². The summed E-state index contributed by atoms with van der Waals surface area (Å²) in [5, 5.41) is 6.01. The van der Waals surface area contributed by atoms with Crippen molar-refractivity contribution in [3.05, 3.63) is 23.0 Å². The Morgan fingerprint density at radius 2 is 2.06 bits per heavy atom. The van der Waals surface area contributed by atoms with Crippen molar-refractivity contribution >= 4 is 28.9 Å². The topological polar surface area (TPSA) is 41.1 Å². The number of benzene rings is 1. The van der Waals surface area contributed by atoms with Crippen LogP contribution < -0.4 is 10.6 Å². The average molecular weight is 255 g/mol. The maximum atomic E-state index is 13.4. The highest BCUT2D eigenvalue weighted by Crippen LogP contribution is 2.39. The molecule has 0 radical (unpaired) electrons. The minimum absolute atomic E-state index is 0.0238. The molecule has 17 heavy (non-hydrogen) atoms. The fourth-order valence-electron chi connectivity index (χ4n) is 2.20. The highest BCUT2D eigenvalue weighted by Gasteiger charge is 2.34. The van der Waals surface area contributed by atoms with Gasteiger partial charge in [0.2, 0.25) is 5.91 Å². The third-order valence-corrected chi connectivity index (χ3v) is 3.56. The molecule has 0 bridgehead atoms. The summed E-state index contributed by atoms with van der Waals surface area (Å²) in [6, 6.07) is 2.90. The summed E-state index contributed by atoms with van der Waals surface area (Å²) in [6.07, 6.45) is 2.70. The molecular formula is C12H12ClFN2O. The number of carbonyl (C=O) groups is 1. The van der Waals surface area contributed by atoms with Gasteiger partial charge in [0.05, 0.1) is 16.4 Å². The van der Waals surface area contributed by atoms with E-state index >= 15 is 0 Å². The van der Waals surface area contributed by atoms with E-state index in [0.29, 0.717) is 23.7 Å². The number of fused-ring (bicyclic) bond motifs is 1. The van der Waals surface area contributed by atoms with Crippen LogP contribution in [0.5, 0.6) is 0 Å². The summed E-state index contributed by atoms with van der Waals surface area (Å²) in [5.74, 6) is 0.0184. The van der Waals surface area contributed by atoms with E-state index in [1.54, 1.807) is 0 Å². The molecule has 2 aliphatic rings. The van der Waals surface area contributed by atoms with Crippen molar-refractivity contribution in [1.82, 2.24) is 0 Å². The van der Waals surface area contributed by atoms with E-state index in [2.05, 4.69) is 10.6 Å². The summed E-state index contributed by atoms with van der Waals surface area (Å²) in [6.45, 7) is 0. The lowest BCUT2D eigenvalue weighted by atomic mass is 10.1. The first-order chi connectivity index (χ1) is 8.13. The molecule has 0 saturated heterocycles. The Kier molecular flexibility index (Phi) is 2.47. The maximum Gasteiger partial charge on any atom is 0.226 e. The Labute approximate surface area is 103 Å². The Balaban J connectivity index is 1.98. The molecular weight excluding hydrogens is 243 g/mol. The SMILES string of the molecule is O=C1CC(C2CC2)Nc2cc(F)c(Cl)cc2N1. The van der Waals surface area contributed by atoms with E-state index in [1.165, 1.54) is 12.1 Å². The van der Waals surface area contributed by atoms with Crippen LogP contribution in [-0.2, 0) is 4.79 Å². The van der Waals surface area contributed by atoms with Gasteiger partial charge in [0.15, 0.2) is 0 Å². The first-order valence-electron chi connectivity index (χ1n) is 5.69. The van der Waals surface area contributed by atoms with Gasteiger partial charge >= 0.3 is 0 Å². The zero-order valence-corrected chi connectivity index (χ0v) is 9.85. The van der Waals surface area contributed by atoms with Crippen LogP contribution in [0.25, 0.3) is 0 Å². The lowest BCUT2D eigenvalue weighted by Crippen LogP contribution is -2.24. The summed E-state index contributed by atoms with van der Waals surface area (Å²) >= 11 is 5.70. The molecule has 90 valence electrons. The van der Waals surface area contributed by atoms with Crippen molar-refractivity contribution in [1.29, 1.82) is 0 Å². The molecule has 1 saturated carbocycles. The van der Waals surface area contributed by atoms with E-state index < -0.39 is 5.82 Å². The van der Waals surface area contributed by atoms with E-state index in [-0.39, 0.29) is 17.0 Å². The maximum absolute atomic E-state index is 13.4. The predicted octanol–water partition coefficient (Wildman–Crippen LogP) is 3.01. The van der Waals surface area contributed by atoms with Crippen LogP contribution in [0, 0.1) is 11.7 Å². The Hall–Kier alpha value is -1.29. The number of anilines is 2. The van der Waals surface area contributed by atoms with Crippen molar-refractivity contribution in [3.8, 4) is 0 Å². The summed E-state index contributed by atoms with van der Waals surface area (Å²) in [7, 11) is 0. The first-order valence-corrected chi connectivity index (χ1v) is 6.07. The largest absolute Gasteiger partial charge is 0.380 e. The number of rotatable bonds is 1. The lowest BCUT2D eigenvalue weighted by molar-refractivity contribution is -0.116. The Morgan fingerprint density at radius 3 is 2.76 bits per heavy atom. The van der Waals surface area contributed by atoms with Crippen LogP contribution in [-0.4, -0.2) is 11.9 Å². The second-order valence-electron chi connectivity index (χ2n) is 4.65. The van der Waals surface area contributed by atoms with Crippen LogP contribution in [0.15, 0.2) is 12.1 Å². The van der Waals surface area contributed by atoms with Gasteiger partial charge in [-0.3, -0.25) is 4.79 Å². The van der Waals surface area contributed by atoms with Gasteiger partial charge in [0.25, 0.3) is 0 Å². The van der Waals surface area contributed by atoms with Gasteiger partial charge in [-0.1, -0.05) is 11.6 Å². The second-order valence-corrected chi connectivity index (χ2v) is 5.06. The zero-order chi connectivity index (χ0) is 12.0. The van der Waals surface area contributed by atoms with Gasteiger partial charge in [0, 0.05) is 18.5 Å². The van der Waals surface area contributed by atoms with Gasteiger partial charge in [-0.05, 0) is 24.8 Å². The van der Waals surface area contributed by atoms with Gasteiger partial charge < -0.3 is 10.6 Å². The molecule has 1 aromatic carbocycles. The average Bonchev–Trinajstić information content (AvgIpc) is 3.06. The van der Waals surface area contributed by atoms with E-state index in [0.717, 1.165) is 12.8 Å². The van der Waals surface area contributed by atoms with Gasteiger partial charge in [-0.15, -0.1) is 0 Å². The van der Waals surface area contributed by atoms with Crippen molar-refractivity contribution in [3.63, 3.8) is 0 Å². The molecule has 1 aliphatic carbocycles. The van der Waals surface area contributed by atoms with Crippen LogP contribution >= 0.6 is 11.6 Å². The Morgan fingerprint density at radius 1 is 1.29 bits per heavy atom. The molecule has 1 amide bonds.